The Morgan fingerprint density at radius 1 is 0.556 bits per heavy atom. The highest BCUT2D eigenvalue weighted by Gasteiger charge is 2.45. The van der Waals surface area contributed by atoms with Crippen LogP contribution in [0.15, 0.2) is 114 Å². The molecule has 0 bridgehead atoms. The first-order valence-electron chi connectivity index (χ1n) is 9.68. The highest BCUT2D eigenvalue weighted by molar-refractivity contribution is 5.58. The molecule has 0 saturated carbocycles. The van der Waals surface area contributed by atoms with Gasteiger partial charge < -0.3 is 0 Å². The number of hydrogen-bond donors (Lipinski definition) is 0. The molecule has 0 aliphatic heterocycles. The molecule has 0 radical (unpaired) electrons. The molecule has 0 spiro atoms. The highest BCUT2D eigenvalue weighted by atomic mass is 14.5. The molecule has 4 rings (SSSR count). The van der Waals surface area contributed by atoms with Gasteiger partial charge in [-0.1, -0.05) is 108 Å². The number of benzene rings is 3. The molecule has 1 aliphatic rings. The van der Waals surface area contributed by atoms with Crippen LogP contribution < -0.4 is 0 Å². The topological polar surface area (TPSA) is 0 Å². The summed E-state index contributed by atoms with van der Waals surface area (Å²) < 4.78 is 0. The van der Waals surface area contributed by atoms with E-state index in [1.165, 1.54) is 33.4 Å². The molecule has 0 fully saturated rings. The van der Waals surface area contributed by atoms with Gasteiger partial charge in [0.1, 0.15) is 0 Å². The van der Waals surface area contributed by atoms with E-state index in [-0.39, 0.29) is 5.41 Å². The Labute approximate surface area is 162 Å². The van der Waals surface area contributed by atoms with E-state index in [0.29, 0.717) is 5.92 Å². The van der Waals surface area contributed by atoms with Gasteiger partial charge in [-0.25, -0.2) is 0 Å². The molecule has 0 heteroatoms. The van der Waals surface area contributed by atoms with E-state index in [1.807, 2.05) is 0 Å². The van der Waals surface area contributed by atoms with E-state index < -0.39 is 0 Å². The third-order valence-electron chi connectivity index (χ3n) is 6.22. The van der Waals surface area contributed by atoms with Crippen LogP contribution in [0, 0.1) is 5.92 Å². The average molecular weight is 351 g/mol. The molecule has 0 N–H and O–H groups in total. The van der Waals surface area contributed by atoms with Crippen LogP contribution in [0.2, 0.25) is 0 Å². The second-order valence-corrected chi connectivity index (χ2v) is 7.54. The second-order valence-electron chi connectivity index (χ2n) is 7.54. The van der Waals surface area contributed by atoms with Crippen molar-refractivity contribution in [3.63, 3.8) is 0 Å². The van der Waals surface area contributed by atoms with Crippen LogP contribution >= 0.6 is 0 Å². The van der Waals surface area contributed by atoms with Crippen LogP contribution in [-0.2, 0) is 5.41 Å². The highest BCUT2D eigenvalue weighted by Crippen LogP contribution is 2.51. The quantitative estimate of drug-likeness (QED) is 0.447. The molecule has 0 heterocycles. The zero-order valence-corrected chi connectivity index (χ0v) is 16.3. The molecule has 0 saturated heterocycles. The predicted molar refractivity (Wildman–Crippen MR) is 115 cm³/mol. The van der Waals surface area contributed by atoms with Gasteiger partial charge in [-0.05, 0) is 43.0 Å². The van der Waals surface area contributed by atoms with Crippen LogP contribution in [0.4, 0.5) is 0 Å². The zero-order valence-electron chi connectivity index (χ0n) is 16.3. The molecule has 1 unspecified atom stereocenters. The van der Waals surface area contributed by atoms with Crippen molar-refractivity contribution in [2.45, 2.75) is 26.2 Å². The lowest BCUT2D eigenvalue weighted by Crippen LogP contribution is -2.37. The van der Waals surface area contributed by atoms with E-state index in [1.54, 1.807) is 0 Å². The summed E-state index contributed by atoms with van der Waals surface area (Å²) in [6, 6.07) is 33.0. The monoisotopic (exact) mass is 350 g/mol. The van der Waals surface area contributed by atoms with Gasteiger partial charge in [0.2, 0.25) is 0 Å². The molecular formula is C27H26. The Bertz CT molecular complexity index is 879. The third kappa shape index (κ3) is 2.77. The molecule has 0 nitrogen and oxygen atoms in total. The molecule has 1 atom stereocenters. The Kier molecular flexibility index (Phi) is 4.58. The van der Waals surface area contributed by atoms with Gasteiger partial charge in [0, 0.05) is 5.92 Å². The van der Waals surface area contributed by atoms with Crippen molar-refractivity contribution in [3.8, 4) is 0 Å². The van der Waals surface area contributed by atoms with Gasteiger partial charge in [-0.2, -0.15) is 0 Å². The maximum Gasteiger partial charge on any atom is 0.0551 e. The molecular weight excluding hydrogens is 324 g/mol. The normalized spacial score (nSPS) is 17.1. The fourth-order valence-corrected chi connectivity index (χ4v) is 4.64. The molecule has 3 aromatic carbocycles. The van der Waals surface area contributed by atoms with Crippen LogP contribution in [0.5, 0.6) is 0 Å². The number of hydrogen-bond acceptors (Lipinski definition) is 0. The van der Waals surface area contributed by atoms with Crippen molar-refractivity contribution >= 4 is 0 Å². The molecule has 1 aliphatic carbocycles. The van der Waals surface area contributed by atoms with Crippen molar-refractivity contribution in [2.75, 3.05) is 0 Å². The summed E-state index contributed by atoms with van der Waals surface area (Å²) in [5.41, 5.74) is 8.05. The van der Waals surface area contributed by atoms with Gasteiger partial charge in [0.25, 0.3) is 0 Å². The van der Waals surface area contributed by atoms with Crippen LogP contribution in [0.1, 0.15) is 37.5 Å². The Balaban J connectivity index is 2.12. The van der Waals surface area contributed by atoms with E-state index in [4.69, 9.17) is 0 Å². The number of rotatable bonds is 4. The minimum Gasteiger partial charge on any atom is -0.0726 e. The number of allylic oxidation sites excluding steroid dienone is 4. The first-order valence-corrected chi connectivity index (χ1v) is 9.68. The minimum absolute atomic E-state index is 0.243. The van der Waals surface area contributed by atoms with Crippen molar-refractivity contribution < 1.29 is 0 Å². The van der Waals surface area contributed by atoms with Gasteiger partial charge in [0.15, 0.2) is 0 Å². The van der Waals surface area contributed by atoms with Gasteiger partial charge in [-0.3, -0.25) is 0 Å². The van der Waals surface area contributed by atoms with E-state index in [9.17, 15) is 0 Å². The summed E-state index contributed by atoms with van der Waals surface area (Å²) in [4.78, 5) is 0. The van der Waals surface area contributed by atoms with Crippen molar-refractivity contribution in [1.29, 1.82) is 0 Å². The lowest BCUT2D eigenvalue weighted by atomic mass is 9.60. The fourth-order valence-electron chi connectivity index (χ4n) is 4.64. The SMILES string of the molecule is CC1=CC(C(c2ccccc2)(c2ccccc2)c2ccccc2)C(C)=C1C. The summed E-state index contributed by atoms with van der Waals surface area (Å²) in [5, 5.41) is 0. The largest absolute Gasteiger partial charge is 0.0726 e. The zero-order chi connectivity index (χ0) is 18.9. The first-order chi connectivity index (χ1) is 13.2. The summed E-state index contributed by atoms with van der Waals surface area (Å²) in [6.45, 7) is 6.80. The third-order valence-corrected chi connectivity index (χ3v) is 6.22. The van der Waals surface area contributed by atoms with Crippen molar-refractivity contribution in [1.82, 2.24) is 0 Å². The first kappa shape index (κ1) is 17.5. The predicted octanol–water partition coefficient (Wildman–Crippen LogP) is 6.93. The van der Waals surface area contributed by atoms with Crippen LogP contribution in [-0.4, -0.2) is 0 Å². The summed E-state index contributed by atoms with van der Waals surface area (Å²) in [6.07, 6.45) is 2.47. The van der Waals surface area contributed by atoms with E-state index in [0.717, 1.165) is 0 Å². The van der Waals surface area contributed by atoms with E-state index in [2.05, 4.69) is 118 Å². The average Bonchev–Trinajstić information content (AvgIpc) is 2.99. The smallest absolute Gasteiger partial charge is 0.0551 e. The van der Waals surface area contributed by atoms with Gasteiger partial charge in [0.05, 0.1) is 5.41 Å². The lowest BCUT2D eigenvalue weighted by molar-refractivity contribution is 0.506. The van der Waals surface area contributed by atoms with Crippen molar-refractivity contribution in [2.24, 2.45) is 5.92 Å². The Morgan fingerprint density at radius 3 is 1.22 bits per heavy atom. The second kappa shape index (κ2) is 7.04. The Morgan fingerprint density at radius 2 is 0.926 bits per heavy atom. The minimum atomic E-state index is -0.243. The molecule has 3 aromatic rings. The van der Waals surface area contributed by atoms with Gasteiger partial charge in [-0.15, -0.1) is 0 Å². The van der Waals surface area contributed by atoms with Crippen LogP contribution in [0.25, 0.3) is 0 Å². The Hall–Kier alpha value is -2.86. The fraction of sp³-hybridized carbons (Fsp3) is 0.185. The molecule has 0 amide bonds. The maximum absolute atomic E-state index is 2.47. The van der Waals surface area contributed by atoms with Crippen molar-refractivity contribution in [3.05, 3.63) is 130 Å². The maximum atomic E-state index is 2.47. The molecule has 0 aromatic heterocycles. The summed E-state index contributed by atoms with van der Waals surface area (Å²) in [7, 11) is 0. The summed E-state index contributed by atoms with van der Waals surface area (Å²) >= 11 is 0. The van der Waals surface area contributed by atoms with Gasteiger partial charge >= 0.3 is 0 Å². The standard InChI is InChI=1S/C27H26/c1-20-19-26(22(3)21(20)2)27(23-13-7-4-8-14-23,24-15-9-5-10-16-24)25-17-11-6-12-18-25/h4-19,26H,1-3H3. The molecule has 134 valence electrons. The van der Waals surface area contributed by atoms with E-state index >= 15 is 0 Å². The summed E-state index contributed by atoms with van der Waals surface area (Å²) in [5.74, 6) is 0.296. The molecule has 27 heavy (non-hydrogen) atoms. The lowest BCUT2D eigenvalue weighted by Gasteiger charge is -2.41. The van der Waals surface area contributed by atoms with Crippen LogP contribution in [0.3, 0.4) is 0 Å².